The molecule has 0 rings (SSSR count). The van der Waals surface area contributed by atoms with Crippen LogP contribution in [0, 0.1) is 0 Å². The molecular weight excluding hydrogens is 966 g/mol. The highest BCUT2D eigenvalue weighted by Gasteiger charge is 2.22. The van der Waals surface area contributed by atoms with Crippen molar-refractivity contribution in [2.45, 2.75) is 302 Å². The minimum absolute atomic E-state index is 0.0314. The van der Waals surface area contributed by atoms with E-state index in [1.54, 1.807) is 0 Å². The van der Waals surface area contributed by atoms with E-state index in [2.05, 4.69) is 74.6 Å². The number of likely N-dealkylation sites (N-methyl/N-ethyl adjacent to an activating group) is 1. The van der Waals surface area contributed by atoms with Gasteiger partial charge in [0.15, 0.2) is 6.10 Å². The number of allylic oxidation sites excluding steroid dienone is 10. The van der Waals surface area contributed by atoms with Crippen molar-refractivity contribution < 1.29 is 42.1 Å². The topological polar surface area (TPSA) is 111 Å². The summed E-state index contributed by atoms with van der Waals surface area (Å²) in [7, 11) is 1.17. The highest BCUT2D eigenvalue weighted by atomic mass is 31.2. The van der Waals surface area contributed by atoms with E-state index in [-0.39, 0.29) is 32.0 Å². The van der Waals surface area contributed by atoms with Crippen LogP contribution in [0.15, 0.2) is 60.8 Å². The lowest BCUT2D eigenvalue weighted by molar-refractivity contribution is -0.870. The quantitative estimate of drug-likeness (QED) is 0.0195. The fourth-order valence-corrected chi connectivity index (χ4v) is 9.89. The van der Waals surface area contributed by atoms with Crippen LogP contribution in [0.4, 0.5) is 0 Å². The number of carbonyl (C=O) groups is 2. The van der Waals surface area contributed by atoms with E-state index in [0.717, 1.165) is 77.0 Å². The van der Waals surface area contributed by atoms with Crippen LogP contribution in [0.2, 0.25) is 0 Å². The fraction of sp³-hybridized carbons (Fsp3) is 0.818. The molecule has 0 saturated carbocycles. The molecule has 0 aromatic carbocycles. The van der Waals surface area contributed by atoms with Gasteiger partial charge in [-0.25, -0.2) is 0 Å². The Morgan fingerprint density at radius 2 is 0.750 bits per heavy atom. The zero-order valence-corrected chi connectivity index (χ0v) is 51.3. The number of unbranched alkanes of at least 4 members (excludes halogenated alkanes) is 35. The number of phosphoric acid groups is 1. The molecule has 76 heavy (non-hydrogen) atoms. The van der Waals surface area contributed by atoms with Gasteiger partial charge in [-0.2, -0.15) is 0 Å². The summed E-state index contributed by atoms with van der Waals surface area (Å²) in [6.45, 7) is 4.17. The van der Waals surface area contributed by atoms with Crippen LogP contribution in [-0.4, -0.2) is 70.0 Å². The molecule has 0 bridgehead atoms. The molecule has 10 heteroatoms. The average Bonchev–Trinajstić information content (AvgIpc) is 3.38. The summed E-state index contributed by atoms with van der Waals surface area (Å²) < 4.78 is 34.3. The van der Waals surface area contributed by atoms with E-state index < -0.39 is 26.5 Å². The van der Waals surface area contributed by atoms with Crippen LogP contribution < -0.4 is 4.89 Å². The number of hydrogen-bond acceptors (Lipinski definition) is 8. The van der Waals surface area contributed by atoms with Crippen LogP contribution in [-0.2, 0) is 32.7 Å². The largest absolute Gasteiger partial charge is 0.756 e. The molecule has 0 heterocycles. The zero-order chi connectivity index (χ0) is 55.6. The molecule has 2 unspecified atom stereocenters. The third-order valence-electron chi connectivity index (χ3n) is 14.1. The Labute approximate surface area is 470 Å². The van der Waals surface area contributed by atoms with Crippen molar-refractivity contribution in [3.63, 3.8) is 0 Å². The highest BCUT2D eigenvalue weighted by Crippen LogP contribution is 2.38. The molecule has 0 spiro atoms. The standard InChI is InChI=1S/C66H122NO8P/c1-6-8-10-12-14-16-18-20-22-24-26-28-30-32-33-35-37-39-41-43-45-47-49-51-53-55-57-59-66(69)75-64(63-74-76(70,71)73-61-60-67(3,4)5)62-72-65(68)58-56-54-52-50-48-46-44-42-40-38-36-34-31-29-27-25-23-21-19-17-15-13-11-9-7-2/h8,10,14,16,20,22,26,28,32-33,64H,6-7,9,11-13,15,17-19,21,23-25,27,29-31,34-63H2,1-5H3/b10-8-,16-14-,22-20-,28-26-,33-32-. The first-order chi connectivity index (χ1) is 37.0. The van der Waals surface area contributed by atoms with E-state index in [0.29, 0.717) is 17.4 Å². The monoisotopic (exact) mass is 1090 g/mol. The van der Waals surface area contributed by atoms with Crippen molar-refractivity contribution in [3.05, 3.63) is 60.8 Å². The SMILES string of the molecule is CC/C=C\C/C=C\C/C=C\C/C=C\C/C=C\CCCCCCCCCCCCCC(=O)OC(COC(=O)CCCCCCCCCCCCCCCCCCCCCCCCCCC)COP(=O)([O-])OCC[N+](C)(C)C. The molecule has 0 aromatic rings. The number of hydrogen-bond donors (Lipinski definition) is 0. The first-order valence-electron chi connectivity index (χ1n) is 32.0. The van der Waals surface area contributed by atoms with Gasteiger partial charge in [-0.15, -0.1) is 0 Å². The predicted molar refractivity (Wildman–Crippen MR) is 323 cm³/mol. The Kier molecular flexibility index (Phi) is 55.7. The van der Waals surface area contributed by atoms with Crippen LogP contribution in [0.1, 0.15) is 296 Å². The molecule has 0 saturated heterocycles. The number of ether oxygens (including phenoxy) is 2. The fourth-order valence-electron chi connectivity index (χ4n) is 9.16. The molecule has 0 aliphatic heterocycles. The summed E-state index contributed by atoms with van der Waals surface area (Å²) in [5.41, 5.74) is 0. The number of rotatable bonds is 59. The molecule has 0 aliphatic rings. The van der Waals surface area contributed by atoms with Crippen LogP contribution in [0.5, 0.6) is 0 Å². The third kappa shape index (κ3) is 60.9. The van der Waals surface area contributed by atoms with E-state index in [4.69, 9.17) is 18.5 Å². The second-order valence-corrected chi connectivity index (χ2v) is 24.2. The summed E-state index contributed by atoms with van der Waals surface area (Å²) in [4.78, 5) is 38.0. The Morgan fingerprint density at radius 3 is 1.12 bits per heavy atom. The predicted octanol–water partition coefficient (Wildman–Crippen LogP) is 19.6. The zero-order valence-electron chi connectivity index (χ0n) is 50.5. The molecule has 2 atom stereocenters. The minimum Gasteiger partial charge on any atom is -0.756 e. The maximum absolute atomic E-state index is 12.8. The number of esters is 2. The van der Waals surface area contributed by atoms with E-state index >= 15 is 0 Å². The number of phosphoric ester groups is 1. The maximum Gasteiger partial charge on any atom is 0.306 e. The van der Waals surface area contributed by atoms with Gasteiger partial charge in [0.25, 0.3) is 7.82 Å². The summed E-state index contributed by atoms with van der Waals surface area (Å²) >= 11 is 0. The molecular formula is C66H122NO8P. The Balaban J connectivity index is 4.09. The van der Waals surface area contributed by atoms with Crippen molar-refractivity contribution in [3.8, 4) is 0 Å². The number of carbonyl (C=O) groups excluding carboxylic acids is 2. The molecule has 0 N–H and O–H groups in total. The molecule has 0 fully saturated rings. The second kappa shape index (κ2) is 57.4. The molecule has 0 aromatic heterocycles. The average molecular weight is 1090 g/mol. The summed E-state index contributed by atoms with van der Waals surface area (Å²) in [6.07, 6.45) is 74.2. The van der Waals surface area contributed by atoms with Gasteiger partial charge in [0, 0.05) is 12.8 Å². The van der Waals surface area contributed by atoms with Gasteiger partial charge in [0.05, 0.1) is 27.7 Å². The van der Waals surface area contributed by atoms with Gasteiger partial charge in [0.1, 0.15) is 19.8 Å². The third-order valence-corrected chi connectivity index (χ3v) is 15.0. The Hall–Kier alpha value is -2.29. The lowest BCUT2D eigenvalue weighted by atomic mass is 10.0. The Morgan fingerprint density at radius 1 is 0.421 bits per heavy atom. The van der Waals surface area contributed by atoms with Gasteiger partial charge >= 0.3 is 11.9 Å². The number of quaternary nitrogens is 1. The van der Waals surface area contributed by atoms with Crippen molar-refractivity contribution in [1.29, 1.82) is 0 Å². The molecule has 9 nitrogen and oxygen atoms in total. The Bertz CT molecular complexity index is 1470. The second-order valence-electron chi connectivity index (χ2n) is 22.8. The van der Waals surface area contributed by atoms with Crippen molar-refractivity contribution >= 4 is 19.8 Å². The van der Waals surface area contributed by atoms with E-state index in [9.17, 15) is 19.0 Å². The molecule has 444 valence electrons. The van der Waals surface area contributed by atoms with Gasteiger partial charge in [-0.3, -0.25) is 14.2 Å². The van der Waals surface area contributed by atoms with Crippen molar-refractivity contribution in [2.24, 2.45) is 0 Å². The first-order valence-corrected chi connectivity index (χ1v) is 33.5. The first kappa shape index (κ1) is 73.7. The normalized spacial score (nSPS) is 13.6. The van der Waals surface area contributed by atoms with Crippen LogP contribution in [0.25, 0.3) is 0 Å². The van der Waals surface area contributed by atoms with E-state index in [1.165, 1.54) is 186 Å². The lowest BCUT2D eigenvalue weighted by Gasteiger charge is -2.28. The minimum atomic E-state index is -4.64. The van der Waals surface area contributed by atoms with Gasteiger partial charge in [-0.1, -0.05) is 286 Å². The molecule has 0 aliphatic carbocycles. The van der Waals surface area contributed by atoms with Gasteiger partial charge < -0.3 is 27.9 Å². The summed E-state index contributed by atoms with van der Waals surface area (Å²) in [5, 5.41) is 0. The lowest BCUT2D eigenvalue weighted by Crippen LogP contribution is -2.37. The highest BCUT2D eigenvalue weighted by molar-refractivity contribution is 7.45. The van der Waals surface area contributed by atoms with Gasteiger partial charge in [0.2, 0.25) is 0 Å². The van der Waals surface area contributed by atoms with Gasteiger partial charge in [-0.05, 0) is 57.8 Å². The molecule has 0 amide bonds. The van der Waals surface area contributed by atoms with Crippen LogP contribution >= 0.6 is 7.82 Å². The van der Waals surface area contributed by atoms with E-state index in [1.807, 2.05) is 21.1 Å². The summed E-state index contributed by atoms with van der Waals surface area (Å²) in [5.74, 6) is -0.824. The summed E-state index contributed by atoms with van der Waals surface area (Å²) in [6, 6.07) is 0. The van der Waals surface area contributed by atoms with Crippen LogP contribution in [0.3, 0.4) is 0 Å². The van der Waals surface area contributed by atoms with Crippen molar-refractivity contribution in [1.82, 2.24) is 0 Å². The smallest absolute Gasteiger partial charge is 0.306 e. The molecule has 0 radical (unpaired) electrons. The maximum atomic E-state index is 12.8. The number of nitrogens with zero attached hydrogens (tertiary/aromatic N) is 1. The van der Waals surface area contributed by atoms with Crippen molar-refractivity contribution in [2.75, 3.05) is 47.5 Å².